The van der Waals surface area contributed by atoms with Crippen LogP contribution in [-0.4, -0.2) is 82.4 Å². The molecule has 2 heterocycles. The number of thiazole rings is 1. The fourth-order valence-electron chi connectivity index (χ4n) is 6.64. The summed E-state index contributed by atoms with van der Waals surface area (Å²) in [5.41, 5.74) is 1.28. The SMILES string of the molecule is CC(C)C[C@H](Cc1ccccc1)NC(=O)c1csc([C@H](O)C[C@H](C(C)C)N(C)C(=O)[C@@H](CC(=O)[C@H]2CCCCN2C)C(C)C(F)(F)F)n1. The number of Topliss-reactive ketones (excluding diaryl/α,β-unsaturated/α-hetero) is 1. The summed E-state index contributed by atoms with van der Waals surface area (Å²) in [4.78, 5) is 47.8. The quantitative estimate of drug-likeness (QED) is 0.203. The maximum atomic E-state index is 14.0. The van der Waals surface area contributed by atoms with Crippen LogP contribution in [0.4, 0.5) is 13.2 Å². The van der Waals surface area contributed by atoms with Gasteiger partial charge in [0.2, 0.25) is 5.91 Å². The van der Waals surface area contributed by atoms with Crippen LogP contribution in [0.2, 0.25) is 0 Å². The molecule has 0 saturated carbocycles. The number of aromatic nitrogens is 1. The average molecular weight is 695 g/mol. The summed E-state index contributed by atoms with van der Waals surface area (Å²) in [7, 11) is 3.23. The second-order valence-electron chi connectivity index (χ2n) is 14.2. The van der Waals surface area contributed by atoms with Gasteiger partial charge in [-0.15, -0.1) is 11.3 Å². The van der Waals surface area contributed by atoms with E-state index in [9.17, 15) is 32.7 Å². The van der Waals surface area contributed by atoms with Crippen molar-refractivity contribution < 1.29 is 32.7 Å². The number of amides is 2. The third kappa shape index (κ3) is 11.1. The smallest absolute Gasteiger partial charge is 0.386 e. The molecule has 1 fully saturated rings. The Kier molecular flexibility index (Phi) is 14.6. The Balaban J connectivity index is 1.73. The number of nitrogens with zero attached hydrogens (tertiary/aromatic N) is 3. The second kappa shape index (κ2) is 17.7. The number of alkyl halides is 3. The lowest BCUT2D eigenvalue weighted by molar-refractivity contribution is -0.191. The number of halogens is 3. The fraction of sp³-hybridized carbons (Fsp3) is 0.667. The summed E-state index contributed by atoms with van der Waals surface area (Å²) < 4.78 is 42.1. The van der Waals surface area contributed by atoms with E-state index in [0.29, 0.717) is 25.3 Å². The average Bonchev–Trinajstić information content (AvgIpc) is 3.52. The molecular weight excluding hydrogens is 641 g/mol. The largest absolute Gasteiger partial charge is 0.392 e. The van der Waals surface area contributed by atoms with E-state index < -0.39 is 48.5 Å². The predicted octanol–water partition coefficient (Wildman–Crippen LogP) is 6.69. The molecule has 12 heteroatoms. The van der Waals surface area contributed by atoms with Crippen molar-refractivity contribution >= 4 is 28.9 Å². The van der Waals surface area contributed by atoms with Crippen LogP contribution in [-0.2, 0) is 16.0 Å². The number of nitrogens with one attached hydrogen (secondary N) is 1. The number of likely N-dealkylation sites (tertiary alicyclic amines) is 1. The third-order valence-electron chi connectivity index (χ3n) is 9.54. The molecule has 0 bridgehead atoms. The lowest BCUT2D eigenvalue weighted by Gasteiger charge is -2.37. The van der Waals surface area contributed by atoms with E-state index in [-0.39, 0.29) is 40.8 Å². The maximum Gasteiger partial charge on any atom is 0.392 e. The number of aliphatic hydroxyl groups is 1. The number of hydrogen-bond donors (Lipinski definition) is 2. The van der Waals surface area contributed by atoms with Gasteiger partial charge in [0.05, 0.1) is 17.9 Å². The Hall–Kier alpha value is -2.83. The van der Waals surface area contributed by atoms with Crippen molar-refractivity contribution in [1.29, 1.82) is 0 Å². The summed E-state index contributed by atoms with van der Waals surface area (Å²) in [6, 6.07) is 8.63. The number of ketones is 1. The van der Waals surface area contributed by atoms with E-state index in [2.05, 4.69) is 24.1 Å². The Morgan fingerprint density at radius 1 is 1.08 bits per heavy atom. The highest BCUT2D eigenvalue weighted by atomic mass is 32.1. The van der Waals surface area contributed by atoms with Gasteiger partial charge in [-0.25, -0.2) is 4.98 Å². The lowest BCUT2D eigenvalue weighted by Crippen LogP contribution is -2.49. The first-order valence-corrected chi connectivity index (χ1v) is 17.9. The lowest BCUT2D eigenvalue weighted by atomic mass is 9.83. The van der Waals surface area contributed by atoms with Crippen LogP contribution >= 0.6 is 11.3 Å². The highest BCUT2D eigenvalue weighted by Crippen LogP contribution is 2.37. The summed E-state index contributed by atoms with van der Waals surface area (Å²) in [5.74, 6) is -4.96. The summed E-state index contributed by atoms with van der Waals surface area (Å²) >= 11 is 1.12. The first kappa shape index (κ1) is 39.6. The number of aliphatic hydroxyl groups excluding tert-OH is 1. The van der Waals surface area contributed by atoms with Crippen LogP contribution in [0.15, 0.2) is 35.7 Å². The van der Waals surface area contributed by atoms with Crippen LogP contribution in [0.5, 0.6) is 0 Å². The molecule has 3 rings (SSSR count). The van der Waals surface area contributed by atoms with Crippen molar-refractivity contribution in [2.75, 3.05) is 20.6 Å². The van der Waals surface area contributed by atoms with E-state index in [4.69, 9.17) is 0 Å². The molecule has 1 aromatic heterocycles. The van der Waals surface area contributed by atoms with Gasteiger partial charge in [-0.3, -0.25) is 19.3 Å². The number of carbonyl (C=O) groups excluding carboxylic acids is 3. The van der Waals surface area contributed by atoms with Crippen LogP contribution < -0.4 is 5.32 Å². The number of carbonyl (C=O) groups is 3. The van der Waals surface area contributed by atoms with Gasteiger partial charge in [-0.1, -0.05) is 71.4 Å². The van der Waals surface area contributed by atoms with E-state index in [1.165, 1.54) is 11.9 Å². The molecule has 0 radical (unpaired) electrons. The summed E-state index contributed by atoms with van der Waals surface area (Å²) in [6.45, 7) is 9.48. The molecular formula is C36H53F3N4O4S. The van der Waals surface area contributed by atoms with Crippen LogP contribution in [0, 0.1) is 23.7 Å². The molecule has 0 spiro atoms. The second-order valence-corrected chi connectivity index (χ2v) is 15.1. The summed E-state index contributed by atoms with van der Waals surface area (Å²) in [5, 5.41) is 16.2. The Morgan fingerprint density at radius 2 is 1.75 bits per heavy atom. The molecule has 6 atom stereocenters. The molecule has 1 aliphatic heterocycles. The van der Waals surface area contributed by atoms with Gasteiger partial charge < -0.3 is 15.3 Å². The maximum absolute atomic E-state index is 14.0. The molecule has 0 aliphatic carbocycles. The molecule has 2 amide bonds. The zero-order valence-electron chi connectivity index (χ0n) is 29.3. The topological polar surface area (TPSA) is 103 Å². The van der Waals surface area contributed by atoms with E-state index in [1.54, 1.807) is 12.4 Å². The molecule has 2 N–H and O–H groups in total. The third-order valence-corrected chi connectivity index (χ3v) is 10.5. The highest BCUT2D eigenvalue weighted by Gasteiger charge is 2.47. The minimum absolute atomic E-state index is 0.00485. The molecule has 268 valence electrons. The normalized spacial score (nSPS) is 19.1. The van der Waals surface area contributed by atoms with Gasteiger partial charge in [0.25, 0.3) is 5.91 Å². The van der Waals surface area contributed by atoms with Crippen LogP contribution in [0.3, 0.4) is 0 Å². The molecule has 48 heavy (non-hydrogen) atoms. The molecule has 1 aromatic carbocycles. The van der Waals surface area contributed by atoms with Gasteiger partial charge in [0, 0.05) is 37.4 Å². The summed E-state index contributed by atoms with van der Waals surface area (Å²) in [6.07, 6.45) is -2.60. The van der Waals surface area contributed by atoms with Gasteiger partial charge in [0.1, 0.15) is 16.8 Å². The van der Waals surface area contributed by atoms with Crippen molar-refractivity contribution in [1.82, 2.24) is 20.1 Å². The van der Waals surface area contributed by atoms with Crippen LogP contribution in [0.1, 0.15) is 100 Å². The fourth-order valence-corrected chi connectivity index (χ4v) is 7.43. The van der Waals surface area contributed by atoms with Crippen molar-refractivity contribution in [2.45, 2.75) is 110 Å². The number of piperidine rings is 1. The molecule has 1 aliphatic rings. The van der Waals surface area contributed by atoms with E-state index in [1.807, 2.05) is 49.1 Å². The van der Waals surface area contributed by atoms with Gasteiger partial charge in [-0.2, -0.15) is 13.2 Å². The zero-order chi connectivity index (χ0) is 35.8. The Bertz CT molecular complexity index is 1340. The predicted molar refractivity (Wildman–Crippen MR) is 183 cm³/mol. The minimum Gasteiger partial charge on any atom is -0.386 e. The Labute approximate surface area is 287 Å². The van der Waals surface area contributed by atoms with Crippen molar-refractivity contribution in [3.63, 3.8) is 0 Å². The number of likely N-dealkylation sites (N-methyl/N-ethyl adjacent to an activating group) is 1. The Morgan fingerprint density at radius 3 is 2.33 bits per heavy atom. The standard InChI is InChI=1S/C36H53F3N4O4S/c1-22(2)17-26(18-25-13-9-8-10-14-25)40-33(46)28-21-48-34(41-28)32(45)20-30(23(3)4)43(7)35(47)27(24(5)36(37,38)39)19-31(44)29-15-11-12-16-42(29)6/h8-10,13-14,21-24,26-27,29-30,32,45H,11-12,15-20H2,1-7H3,(H,40,46)/t24?,26-,27+,29-,30-,32-/m1/s1. The van der Waals surface area contributed by atoms with E-state index in [0.717, 1.165) is 43.1 Å². The molecule has 1 saturated heterocycles. The molecule has 2 aromatic rings. The van der Waals surface area contributed by atoms with Gasteiger partial charge >= 0.3 is 6.18 Å². The van der Waals surface area contributed by atoms with Crippen molar-refractivity contribution in [2.24, 2.45) is 23.7 Å². The number of rotatable bonds is 16. The zero-order valence-corrected chi connectivity index (χ0v) is 30.1. The van der Waals surface area contributed by atoms with E-state index >= 15 is 0 Å². The number of hydrogen-bond acceptors (Lipinski definition) is 7. The van der Waals surface area contributed by atoms with Crippen molar-refractivity contribution in [3.8, 4) is 0 Å². The first-order chi connectivity index (χ1) is 22.5. The van der Waals surface area contributed by atoms with Gasteiger partial charge in [0.15, 0.2) is 5.78 Å². The molecule has 1 unspecified atom stereocenters. The van der Waals surface area contributed by atoms with Gasteiger partial charge in [-0.05, 0) is 56.7 Å². The number of benzene rings is 1. The minimum atomic E-state index is -4.67. The van der Waals surface area contributed by atoms with Crippen molar-refractivity contribution in [3.05, 3.63) is 52.0 Å². The monoisotopic (exact) mass is 694 g/mol. The first-order valence-electron chi connectivity index (χ1n) is 17.0. The highest BCUT2D eigenvalue weighted by molar-refractivity contribution is 7.09. The van der Waals surface area contributed by atoms with Crippen LogP contribution in [0.25, 0.3) is 0 Å². The molecule has 8 nitrogen and oxygen atoms in total.